The average molecular weight is 1150 g/mol. The Balaban J connectivity index is 1.23. The molecule has 0 aromatic carbocycles. The third-order valence-corrected chi connectivity index (χ3v) is 14.8. The van der Waals surface area contributed by atoms with Gasteiger partial charge in [0, 0.05) is 6.61 Å². The molecule has 458 valence electrons. The lowest BCUT2D eigenvalue weighted by molar-refractivity contribution is -0.412. The van der Waals surface area contributed by atoms with Gasteiger partial charge in [0.1, 0.15) is 146 Å². The molecule has 0 amide bonds. The van der Waals surface area contributed by atoms with E-state index in [0.717, 1.165) is 44.9 Å². The number of hydrogen-bond acceptors (Lipinski definition) is 32. The summed E-state index contributed by atoms with van der Waals surface area (Å²) >= 11 is 0. The van der Waals surface area contributed by atoms with E-state index in [9.17, 15) is 97.0 Å². The summed E-state index contributed by atoms with van der Waals surface area (Å²) in [5, 5.41) is 205. The van der Waals surface area contributed by atoms with Crippen molar-refractivity contribution in [3.05, 3.63) is 0 Å². The van der Waals surface area contributed by atoms with E-state index in [1.807, 2.05) is 0 Å². The fourth-order valence-corrected chi connectivity index (χ4v) is 10.1. The molecule has 30 atom stereocenters. The molecule has 6 fully saturated rings. The molecule has 0 radical (unpaired) electrons. The first kappa shape index (κ1) is 65.9. The Hall–Kier alpha value is -1.28. The van der Waals surface area contributed by atoms with Gasteiger partial charge in [-0.05, 0) is 19.4 Å². The number of ether oxygens (including phenoxy) is 12. The zero-order valence-electron chi connectivity index (χ0n) is 42.6. The van der Waals surface area contributed by atoms with Crippen LogP contribution in [0.15, 0.2) is 0 Å². The van der Waals surface area contributed by atoms with Crippen LogP contribution < -0.4 is 5.73 Å². The maximum absolute atomic E-state index is 11.9. The molecule has 21 N–H and O–H groups in total. The molecule has 0 aromatic heterocycles. The molecular weight excluding hydrogens is 1060 g/mol. The highest BCUT2D eigenvalue weighted by molar-refractivity contribution is 5.00. The van der Waals surface area contributed by atoms with Crippen LogP contribution in [0.1, 0.15) is 51.4 Å². The van der Waals surface area contributed by atoms with Crippen LogP contribution in [0.3, 0.4) is 0 Å². The van der Waals surface area contributed by atoms with E-state index in [4.69, 9.17) is 62.6 Å². The summed E-state index contributed by atoms with van der Waals surface area (Å²) in [6, 6.07) is 0. The fraction of sp³-hybridized carbons (Fsp3) is 1.00. The Morgan fingerprint density at radius 3 is 0.897 bits per heavy atom. The largest absolute Gasteiger partial charge is 0.394 e. The zero-order chi connectivity index (χ0) is 57.1. The first-order valence-electron chi connectivity index (χ1n) is 26.3. The van der Waals surface area contributed by atoms with Crippen molar-refractivity contribution in [1.82, 2.24) is 0 Å². The predicted octanol–water partition coefficient (Wildman–Crippen LogP) is -11.0. The first-order chi connectivity index (χ1) is 37.3. The van der Waals surface area contributed by atoms with Crippen LogP contribution >= 0.6 is 0 Å². The van der Waals surface area contributed by atoms with Gasteiger partial charge < -0.3 is 160 Å². The average Bonchev–Trinajstić information content (AvgIpc) is 3.49. The molecule has 0 aromatic rings. The lowest BCUT2D eigenvalue weighted by Crippen LogP contribution is -2.69. The number of hydrogen-bond donors (Lipinski definition) is 20. The van der Waals surface area contributed by atoms with Crippen LogP contribution in [0.25, 0.3) is 0 Å². The number of unbranched alkanes of at least 4 members (excludes halogenated alkanes) is 7. The van der Waals surface area contributed by atoms with Crippen molar-refractivity contribution in [2.45, 2.75) is 236 Å². The summed E-state index contributed by atoms with van der Waals surface area (Å²) in [6.07, 6.45) is -51.1. The molecule has 0 saturated carbocycles. The van der Waals surface area contributed by atoms with Crippen molar-refractivity contribution in [2.24, 2.45) is 5.73 Å². The number of rotatable bonds is 27. The third-order valence-electron chi connectivity index (χ3n) is 14.8. The van der Waals surface area contributed by atoms with Gasteiger partial charge in [-0.2, -0.15) is 0 Å². The maximum Gasteiger partial charge on any atom is 0.187 e. The van der Waals surface area contributed by atoms with Gasteiger partial charge in [-0.15, -0.1) is 0 Å². The third kappa shape index (κ3) is 15.3. The summed E-state index contributed by atoms with van der Waals surface area (Å²) in [4.78, 5) is 0. The van der Waals surface area contributed by atoms with Gasteiger partial charge in [-0.25, -0.2) is 0 Å². The topological polar surface area (TPSA) is 521 Å². The fourth-order valence-electron chi connectivity index (χ4n) is 10.1. The molecule has 6 heterocycles. The highest BCUT2D eigenvalue weighted by Crippen LogP contribution is 2.38. The Labute approximate surface area is 447 Å². The molecule has 32 nitrogen and oxygen atoms in total. The molecular formula is C46H83NO31. The van der Waals surface area contributed by atoms with Crippen molar-refractivity contribution >= 4 is 0 Å². The molecule has 6 saturated heterocycles. The zero-order valence-corrected chi connectivity index (χ0v) is 42.6. The SMILES string of the molecule is NCCCCCCCCCCO[C@H]1OC(CO)[C@@H](O)[C@H](O)C1O[C@H]1OC(CO)[C@@H](O)[C@H](O)C1O[C@@H]1OC(CO)[C@@H](O)[C@H](O[C@H]2OC(CO)[C@@H](O)[C@H](O)C2O[C@H]2OC(CO)[C@@H](O)[C@H](O)C2O[C@@H]2OC(CO)[C@@H](O)[C@H](O)C2O)C1O. The maximum atomic E-state index is 11.9. The quantitative estimate of drug-likeness (QED) is 0.0340. The second-order valence-electron chi connectivity index (χ2n) is 20.2. The van der Waals surface area contributed by atoms with Gasteiger partial charge in [0.15, 0.2) is 37.7 Å². The minimum Gasteiger partial charge on any atom is -0.394 e. The summed E-state index contributed by atoms with van der Waals surface area (Å²) in [7, 11) is 0. The van der Waals surface area contributed by atoms with Crippen molar-refractivity contribution in [3.63, 3.8) is 0 Å². The van der Waals surface area contributed by atoms with E-state index in [-0.39, 0.29) is 6.61 Å². The molecule has 6 rings (SSSR count). The van der Waals surface area contributed by atoms with Crippen LogP contribution in [-0.2, 0) is 56.8 Å². The number of aliphatic hydroxyl groups is 19. The Kier molecular flexibility index (Phi) is 26.2. The lowest BCUT2D eigenvalue weighted by atomic mass is 9.95. The van der Waals surface area contributed by atoms with Crippen LogP contribution in [0.4, 0.5) is 0 Å². The molecule has 78 heavy (non-hydrogen) atoms. The highest BCUT2D eigenvalue weighted by atomic mass is 16.8. The first-order valence-corrected chi connectivity index (χ1v) is 26.3. The molecule has 0 spiro atoms. The van der Waals surface area contributed by atoms with Crippen molar-refractivity contribution in [1.29, 1.82) is 0 Å². The summed E-state index contributed by atoms with van der Waals surface area (Å²) in [5.74, 6) is 0. The van der Waals surface area contributed by atoms with Crippen LogP contribution in [0, 0.1) is 0 Å². The Bertz CT molecular complexity index is 1700. The second kappa shape index (κ2) is 31.0. The molecule has 12 unspecified atom stereocenters. The van der Waals surface area contributed by atoms with Crippen LogP contribution in [0.5, 0.6) is 0 Å². The van der Waals surface area contributed by atoms with Gasteiger partial charge in [0.2, 0.25) is 0 Å². The number of nitrogens with two attached hydrogens (primary N) is 1. The van der Waals surface area contributed by atoms with Gasteiger partial charge in [-0.1, -0.05) is 38.5 Å². The molecule has 0 aliphatic carbocycles. The van der Waals surface area contributed by atoms with Crippen LogP contribution in [0.2, 0.25) is 0 Å². The molecule has 0 bridgehead atoms. The van der Waals surface area contributed by atoms with Crippen molar-refractivity contribution in [3.8, 4) is 0 Å². The summed E-state index contributed by atoms with van der Waals surface area (Å²) in [6.45, 7) is -5.00. The van der Waals surface area contributed by atoms with Crippen molar-refractivity contribution < 1.29 is 154 Å². The normalized spacial score (nSPS) is 47.5. The molecule has 32 heteroatoms. The second-order valence-corrected chi connectivity index (χ2v) is 20.2. The predicted molar refractivity (Wildman–Crippen MR) is 249 cm³/mol. The van der Waals surface area contributed by atoms with Gasteiger partial charge in [0.05, 0.1) is 39.6 Å². The standard InChI is InChI=1S/C46H83NO31/c47-9-7-5-3-1-2-4-6-8-10-67-43-37(30(61)24(55)18(12-49)70-43)77-45-39(32(63)26(57)20(14-51)72-45)76-42-35(66)36(28(59)22(16-53)69-42)74-44-40(33(64)27(58)19(13-50)71-44)78-46-38(31(62)25(56)21(15-52)73-46)75-41-34(65)29(60)23(54)17(11-48)68-41/h17-46,48-66H,1-16,47H2/t17?,18?,19?,20?,21?,22?,23-,24-,25-,26-,27-,28-,29+,30+,31+,32+,33+,34?,35?,36+,37?,38?,39?,40?,41+,42+,43+,44-,45-,46-/m1/s1. The van der Waals surface area contributed by atoms with Gasteiger partial charge in [-0.3, -0.25) is 0 Å². The van der Waals surface area contributed by atoms with Crippen LogP contribution in [-0.4, -0.2) is 334 Å². The van der Waals surface area contributed by atoms with E-state index >= 15 is 0 Å². The minimum atomic E-state index is -2.30. The van der Waals surface area contributed by atoms with E-state index in [0.29, 0.717) is 13.0 Å². The van der Waals surface area contributed by atoms with Gasteiger partial charge in [0.25, 0.3) is 0 Å². The lowest BCUT2D eigenvalue weighted by Gasteiger charge is -2.50. The Morgan fingerprint density at radius 1 is 0.256 bits per heavy atom. The van der Waals surface area contributed by atoms with E-state index in [1.165, 1.54) is 0 Å². The monoisotopic (exact) mass is 1150 g/mol. The van der Waals surface area contributed by atoms with E-state index in [2.05, 4.69) is 0 Å². The van der Waals surface area contributed by atoms with E-state index in [1.54, 1.807) is 0 Å². The summed E-state index contributed by atoms with van der Waals surface area (Å²) in [5.41, 5.74) is 5.56. The van der Waals surface area contributed by atoms with Gasteiger partial charge >= 0.3 is 0 Å². The number of aliphatic hydroxyl groups excluding tert-OH is 19. The molecule has 6 aliphatic rings. The Morgan fingerprint density at radius 2 is 0.526 bits per heavy atom. The van der Waals surface area contributed by atoms with Crippen molar-refractivity contribution in [2.75, 3.05) is 52.8 Å². The molecule has 6 aliphatic heterocycles. The van der Waals surface area contributed by atoms with E-state index < -0.39 is 224 Å². The summed E-state index contributed by atoms with van der Waals surface area (Å²) < 4.78 is 69.8. The highest BCUT2D eigenvalue weighted by Gasteiger charge is 2.58. The minimum absolute atomic E-state index is 0.0448. The smallest absolute Gasteiger partial charge is 0.187 e.